The van der Waals surface area contributed by atoms with Gasteiger partial charge in [-0.3, -0.25) is 9.59 Å². The van der Waals surface area contributed by atoms with Crippen LogP contribution in [-0.2, 0) is 19.1 Å². The lowest BCUT2D eigenvalue weighted by atomic mass is 9.79. The molecule has 30 heavy (non-hydrogen) atoms. The molecule has 7 nitrogen and oxygen atoms in total. The van der Waals surface area contributed by atoms with E-state index < -0.39 is 41.9 Å². The topological polar surface area (TPSA) is 102 Å². The van der Waals surface area contributed by atoms with Crippen LogP contribution in [0.15, 0.2) is 34.1 Å². The van der Waals surface area contributed by atoms with Crippen molar-refractivity contribution in [1.29, 1.82) is 0 Å². The van der Waals surface area contributed by atoms with Crippen molar-refractivity contribution in [3.05, 3.63) is 39.7 Å². The zero-order chi connectivity index (χ0) is 21.4. The fourth-order valence-electron chi connectivity index (χ4n) is 4.24. The van der Waals surface area contributed by atoms with Gasteiger partial charge in [0.15, 0.2) is 0 Å². The van der Waals surface area contributed by atoms with Gasteiger partial charge in [-0.1, -0.05) is 28.1 Å². The number of aliphatic carboxylic acids is 1. The maximum absolute atomic E-state index is 13.0. The van der Waals surface area contributed by atoms with E-state index in [2.05, 4.69) is 21.2 Å². The Morgan fingerprint density at radius 1 is 1.27 bits per heavy atom. The first-order valence-electron chi connectivity index (χ1n) is 9.64. The van der Waals surface area contributed by atoms with Crippen molar-refractivity contribution in [2.24, 2.45) is 11.8 Å². The Kier molecular flexibility index (Phi) is 5.95. The first kappa shape index (κ1) is 21.0. The Bertz CT molecular complexity index is 1010. The minimum atomic E-state index is -1.03. The van der Waals surface area contributed by atoms with Crippen molar-refractivity contribution in [2.45, 2.75) is 32.0 Å². The van der Waals surface area contributed by atoms with Crippen LogP contribution in [0.2, 0.25) is 0 Å². The summed E-state index contributed by atoms with van der Waals surface area (Å²) in [5.74, 6) is -3.67. The van der Waals surface area contributed by atoms with E-state index in [1.165, 1.54) is 11.3 Å². The monoisotopic (exact) mass is 493 g/mol. The third kappa shape index (κ3) is 3.77. The molecule has 4 rings (SSSR count). The molecule has 0 saturated carbocycles. The lowest BCUT2D eigenvalue weighted by molar-refractivity contribution is -0.147. The molecule has 2 aromatic rings. The molecule has 2 aliphatic heterocycles. The number of thiophene rings is 1. The Labute approximate surface area is 185 Å². The van der Waals surface area contributed by atoms with Gasteiger partial charge in [0.1, 0.15) is 10.6 Å². The van der Waals surface area contributed by atoms with Gasteiger partial charge in [0, 0.05) is 15.4 Å². The number of carboxylic acid groups (broad SMARTS) is 1. The highest BCUT2D eigenvalue weighted by atomic mass is 79.9. The largest absolute Gasteiger partial charge is 0.481 e. The van der Waals surface area contributed by atoms with Crippen molar-refractivity contribution in [2.75, 3.05) is 11.9 Å². The van der Waals surface area contributed by atoms with Gasteiger partial charge in [-0.05, 0) is 37.5 Å². The third-order valence-corrected chi connectivity index (χ3v) is 6.89. The summed E-state index contributed by atoms with van der Waals surface area (Å²) < 4.78 is 11.8. The van der Waals surface area contributed by atoms with Crippen LogP contribution in [0.25, 0.3) is 11.1 Å². The van der Waals surface area contributed by atoms with Crippen LogP contribution < -0.4 is 5.32 Å². The summed E-state index contributed by atoms with van der Waals surface area (Å²) in [6, 6.07) is 7.48. The van der Waals surface area contributed by atoms with Crippen LogP contribution in [-0.4, -0.2) is 41.8 Å². The highest BCUT2D eigenvalue weighted by Gasteiger charge is 2.55. The average molecular weight is 494 g/mol. The molecule has 2 bridgehead atoms. The predicted octanol–water partition coefficient (Wildman–Crippen LogP) is 4.17. The normalized spacial score (nSPS) is 24.6. The first-order chi connectivity index (χ1) is 14.4. The Morgan fingerprint density at radius 3 is 2.67 bits per heavy atom. The van der Waals surface area contributed by atoms with Crippen molar-refractivity contribution < 1.29 is 29.0 Å². The zero-order valence-electron chi connectivity index (χ0n) is 16.1. The van der Waals surface area contributed by atoms with Gasteiger partial charge in [-0.15, -0.1) is 11.3 Å². The highest BCUT2D eigenvalue weighted by molar-refractivity contribution is 9.10. The fraction of sp³-hybridized carbons (Fsp3) is 0.381. The number of hydrogen-bond acceptors (Lipinski definition) is 6. The van der Waals surface area contributed by atoms with Crippen molar-refractivity contribution in [3.63, 3.8) is 0 Å². The van der Waals surface area contributed by atoms with Crippen molar-refractivity contribution in [3.8, 4) is 11.1 Å². The third-order valence-electron chi connectivity index (χ3n) is 5.50. The molecule has 2 aliphatic rings. The quantitative estimate of drug-likeness (QED) is 0.585. The van der Waals surface area contributed by atoms with Gasteiger partial charge < -0.3 is 19.9 Å². The molecule has 158 valence electrons. The van der Waals surface area contributed by atoms with Crippen molar-refractivity contribution in [1.82, 2.24) is 0 Å². The maximum atomic E-state index is 13.0. The van der Waals surface area contributed by atoms with Gasteiger partial charge >= 0.3 is 11.9 Å². The molecular formula is C21H20BrNO6S. The van der Waals surface area contributed by atoms with Crippen LogP contribution in [0, 0.1) is 11.8 Å². The second-order valence-corrected chi connectivity index (χ2v) is 9.05. The standard InChI is InChI=1S/C21H20BrNO6S/c1-2-28-21(27)15-12(10-4-3-5-11(22)8-10)9-30-19(15)23-18(24)16-13-6-7-14(29-13)17(16)20(25)26/h3-5,8-9,13-14,16-17H,2,6-7H2,1H3,(H,23,24)(H,25,26)/t13-,14-,16-,17+/m1/s1. The lowest BCUT2D eigenvalue weighted by Crippen LogP contribution is -2.41. The summed E-state index contributed by atoms with van der Waals surface area (Å²) in [5.41, 5.74) is 1.72. The van der Waals surface area contributed by atoms with Crippen LogP contribution in [0.4, 0.5) is 5.00 Å². The van der Waals surface area contributed by atoms with Crippen molar-refractivity contribution >= 4 is 50.1 Å². The number of rotatable bonds is 6. The molecule has 3 heterocycles. The second-order valence-electron chi connectivity index (χ2n) is 7.25. The van der Waals surface area contributed by atoms with E-state index in [9.17, 15) is 19.5 Å². The van der Waals surface area contributed by atoms with E-state index >= 15 is 0 Å². The number of fused-ring (bicyclic) bond motifs is 2. The molecule has 1 aromatic heterocycles. The molecule has 2 saturated heterocycles. The molecule has 0 unspecified atom stereocenters. The van der Waals surface area contributed by atoms with E-state index in [1.54, 1.807) is 12.3 Å². The van der Waals surface area contributed by atoms with E-state index in [0.717, 1.165) is 10.0 Å². The average Bonchev–Trinajstić information content (AvgIpc) is 3.42. The maximum Gasteiger partial charge on any atom is 0.341 e. The number of benzene rings is 1. The Balaban J connectivity index is 1.66. The number of hydrogen-bond donors (Lipinski definition) is 2. The van der Waals surface area contributed by atoms with Gasteiger partial charge in [-0.25, -0.2) is 4.79 Å². The number of carbonyl (C=O) groups is 3. The zero-order valence-corrected chi connectivity index (χ0v) is 18.5. The molecule has 0 aliphatic carbocycles. The molecule has 1 amide bonds. The summed E-state index contributed by atoms with van der Waals surface area (Å²) in [6.07, 6.45) is 0.455. The summed E-state index contributed by atoms with van der Waals surface area (Å²) in [6.45, 7) is 1.91. The van der Waals surface area contributed by atoms with Crippen LogP contribution in [0.3, 0.4) is 0 Å². The SMILES string of the molecule is CCOC(=O)c1c(-c2cccc(Br)c2)csc1NC(=O)[C@H]1[C@@H](C(=O)O)[C@H]2CC[C@H]1O2. The molecule has 9 heteroatoms. The first-order valence-corrected chi connectivity index (χ1v) is 11.3. The highest BCUT2D eigenvalue weighted by Crippen LogP contribution is 2.45. The van der Waals surface area contributed by atoms with Crippen LogP contribution >= 0.6 is 27.3 Å². The minimum absolute atomic E-state index is 0.196. The summed E-state index contributed by atoms with van der Waals surface area (Å²) in [4.78, 5) is 37.5. The number of esters is 1. The molecular weight excluding hydrogens is 474 g/mol. The van der Waals surface area contributed by atoms with Gasteiger partial charge in [-0.2, -0.15) is 0 Å². The molecule has 1 aromatic carbocycles. The van der Waals surface area contributed by atoms with E-state index in [-0.39, 0.29) is 12.2 Å². The van der Waals surface area contributed by atoms with Gasteiger partial charge in [0.05, 0.1) is 30.7 Å². The van der Waals surface area contributed by atoms with E-state index in [4.69, 9.17) is 9.47 Å². The second kappa shape index (κ2) is 8.49. The minimum Gasteiger partial charge on any atom is -0.481 e. The molecule has 0 radical (unpaired) electrons. The number of nitrogens with one attached hydrogen (secondary N) is 1. The van der Waals surface area contributed by atoms with Crippen LogP contribution in [0.1, 0.15) is 30.1 Å². The van der Waals surface area contributed by atoms with Gasteiger partial charge in [0.25, 0.3) is 0 Å². The Morgan fingerprint density at radius 2 is 2.00 bits per heavy atom. The number of amides is 1. The van der Waals surface area contributed by atoms with E-state index in [0.29, 0.717) is 23.4 Å². The molecule has 2 fully saturated rings. The van der Waals surface area contributed by atoms with Gasteiger partial charge in [0.2, 0.25) is 5.91 Å². The molecule has 0 spiro atoms. The smallest absolute Gasteiger partial charge is 0.341 e. The number of carbonyl (C=O) groups excluding carboxylic acids is 2. The predicted molar refractivity (Wildman–Crippen MR) is 115 cm³/mol. The summed E-state index contributed by atoms with van der Waals surface area (Å²) in [5, 5.41) is 14.5. The Hall–Kier alpha value is -2.23. The summed E-state index contributed by atoms with van der Waals surface area (Å²) >= 11 is 4.64. The van der Waals surface area contributed by atoms with Crippen LogP contribution in [0.5, 0.6) is 0 Å². The molecule has 4 atom stereocenters. The number of carboxylic acids is 1. The number of ether oxygens (including phenoxy) is 2. The van der Waals surface area contributed by atoms with E-state index in [1.807, 2.05) is 24.3 Å². The molecule has 2 N–H and O–H groups in total. The number of halogens is 1. The number of anilines is 1. The lowest BCUT2D eigenvalue weighted by Gasteiger charge is -2.23. The fourth-order valence-corrected chi connectivity index (χ4v) is 5.60. The summed E-state index contributed by atoms with van der Waals surface area (Å²) in [7, 11) is 0.